The second-order valence-electron chi connectivity index (χ2n) is 5.35. The van der Waals surface area contributed by atoms with Gasteiger partial charge in [-0.15, -0.1) is 0 Å². The van der Waals surface area contributed by atoms with E-state index in [2.05, 4.69) is 0 Å². The molecule has 0 radical (unpaired) electrons. The third-order valence-electron chi connectivity index (χ3n) is 3.70. The summed E-state index contributed by atoms with van der Waals surface area (Å²) in [7, 11) is 0. The van der Waals surface area contributed by atoms with Crippen LogP contribution in [-0.2, 0) is 6.42 Å². The molecule has 5 heteroatoms. The van der Waals surface area contributed by atoms with Crippen molar-refractivity contribution in [1.29, 1.82) is 0 Å². The van der Waals surface area contributed by atoms with Gasteiger partial charge in [0.05, 0.1) is 0 Å². The van der Waals surface area contributed by atoms with Gasteiger partial charge in [0, 0.05) is 5.56 Å². The molecule has 2 aromatic carbocycles. The van der Waals surface area contributed by atoms with Gasteiger partial charge in [0.1, 0.15) is 23.0 Å². The summed E-state index contributed by atoms with van der Waals surface area (Å²) < 4.78 is 41.7. The van der Waals surface area contributed by atoms with E-state index in [0.29, 0.717) is 17.5 Å². The Balaban J connectivity index is 2.60. The van der Waals surface area contributed by atoms with Crippen LogP contribution >= 0.6 is 0 Å². The summed E-state index contributed by atoms with van der Waals surface area (Å²) in [5, 5.41) is 9.03. The fourth-order valence-electron chi connectivity index (χ4n) is 2.56. The Bertz CT molecular complexity index is 709. The number of aryl methyl sites for hydroxylation is 1. The molecule has 0 spiro atoms. The van der Waals surface area contributed by atoms with Crippen LogP contribution in [0.4, 0.5) is 13.2 Å². The number of aromatic carboxylic acids is 1. The number of rotatable bonds is 6. The quantitative estimate of drug-likeness (QED) is 0.742. The number of hydrogen-bond acceptors (Lipinski definition) is 1. The molecule has 1 N–H and O–H groups in total. The second kappa shape index (κ2) is 7.31. The molecule has 0 aliphatic carbocycles. The van der Waals surface area contributed by atoms with E-state index < -0.39 is 29.0 Å². The fraction of sp³-hybridized carbons (Fsp3) is 0.278. The van der Waals surface area contributed by atoms with Crippen molar-refractivity contribution >= 4 is 5.97 Å². The molecule has 0 aromatic heterocycles. The van der Waals surface area contributed by atoms with Crippen LogP contribution in [0, 0.1) is 17.5 Å². The van der Waals surface area contributed by atoms with E-state index in [1.807, 2.05) is 6.92 Å². The standard InChI is InChI=1S/C18H17F3O2/c1-2-3-4-5-12-10-14(20)16(18(22)23)17(21)15(12)11-6-8-13(19)9-7-11/h6-10H,2-5H2,1H3,(H,22,23). The Morgan fingerprint density at radius 1 is 1.09 bits per heavy atom. The summed E-state index contributed by atoms with van der Waals surface area (Å²) in [6, 6.07) is 6.12. The highest BCUT2D eigenvalue weighted by Crippen LogP contribution is 2.32. The largest absolute Gasteiger partial charge is 0.477 e. The zero-order valence-electron chi connectivity index (χ0n) is 12.7. The predicted octanol–water partition coefficient (Wildman–Crippen LogP) is 5.20. The summed E-state index contributed by atoms with van der Waals surface area (Å²) in [5.74, 6) is -4.35. The van der Waals surface area contributed by atoms with Gasteiger partial charge < -0.3 is 5.11 Å². The molecule has 0 unspecified atom stereocenters. The average molecular weight is 322 g/mol. The predicted molar refractivity (Wildman–Crippen MR) is 81.9 cm³/mol. The minimum Gasteiger partial charge on any atom is -0.477 e. The lowest BCUT2D eigenvalue weighted by atomic mass is 9.92. The Hall–Kier alpha value is -2.30. The van der Waals surface area contributed by atoms with Crippen molar-refractivity contribution < 1.29 is 23.1 Å². The molecular weight excluding hydrogens is 305 g/mol. The normalized spacial score (nSPS) is 10.8. The lowest BCUT2D eigenvalue weighted by Gasteiger charge is -2.14. The van der Waals surface area contributed by atoms with Gasteiger partial charge in [-0.2, -0.15) is 0 Å². The van der Waals surface area contributed by atoms with Crippen LogP contribution in [0.5, 0.6) is 0 Å². The molecule has 2 nitrogen and oxygen atoms in total. The van der Waals surface area contributed by atoms with E-state index in [0.717, 1.165) is 37.5 Å². The molecule has 0 amide bonds. The van der Waals surface area contributed by atoms with Crippen LogP contribution in [0.15, 0.2) is 30.3 Å². The molecule has 0 heterocycles. The van der Waals surface area contributed by atoms with Crippen molar-refractivity contribution in [3.63, 3.8) is 0 Å². The number of halogens is 3. The van der Waals surface area contributed by atoms with Crippen molar-refractivity contribution in [2.24, 2.45) is 0 Å². The number of carboxylic acids is 1. The van der Waals surface area contributed by atoms with Crippen molar-refractivity contribution in [3.8, 4) is 11.1 Å². The molecule has 0 saturated carbocycles. The third-order valence-corrected chi connectivity index (χ3v) is 3.70. The van der Waals surface area contributed by atoms with Crippen LogP contribution in [0.1, 0.15) is 42.1 Å². The molecule has 0 fully saturated rings. The van der Waals surface area contributed by atoms with Gasteiger partial charge in [-0.1, -0.05) is 31.9 Å². The van der Waals surface area contributed by atoms with Gasteiger partial charge in [-0.3, -0.25) is 0 Å². The Morgan fingerprint density at radius 2 is 1.74 bits per heavy atom. The number of carboxylic acid groups (broad SMARTS) is 1. The van der Waals surface area contributed by atoms with Crippen LogP contribution < -0.4 is 0 Å². The summed E-state index contributed by atoms with van der Waals surface area (Å²) in [6.45, 7) is 2.01. The molecule has 2 rings (SSSR count). The highest BCUT2D eigenvalue weighted by Gasteiger charge is 2.24. The fourth-order valence-corrected chi connectivity index (χ4v) is 2.56. The zero-order valence-corrected chi connectivity index (χ0v) is 12.7. The number of benzene rings is 2. The van der Waals surface area contributed by atoms with Crippen molar-refractivity contribution in [3.05, 3.63) is 58.9 Å². The van der Waals surface area contributed by atoms with Crippen molar-refractivity contribution in [2.75, 3.05) is 0 Å². The SMILES string of the molecule is CCCCCc1cc(F)c(C(=O)O)c(F)c1-c1ccc(F)cc1. The minimum absolute atomic E-state index is 0.0277. The monoisotopic (exact) mass is 322 g/mol. The molecule has 23 heavy (non-hydrogen) atoms. The van der Waals surface area contributed by atoms with Crippen molar-refractivity contribution in [2.45, 2.75) is 32.6 Å². The first-order valence-electron chi connectivity index (χ1n) is 7.45. The molecule has 0 aliphatic rings. The molecule has 0 bridgehead atoms. The lowest BCUT2D eigenvalue weighted by molar-refractivity contribution is 0.0686. The van der Waals surface area contributed by atoms with Crippen LogP contribution in [0.3, 0.4) is 0 Å². The minimum atomic E-state index is -1.66. The molecule has 2 aromatic rings. The molecule has 122 valence electrons. The Labute approximate surface area is 132 Å². The van der Waals surface area contributed by atoms with E-state index in [1.165, 1.54) is 12.1 Å². The van der Waals surface area contributed by atoms with Gasteiger partial charge >= 0.3 is 5.97 Å². The maximum atomic E-state index is 14.6. The second-order valence-corrected chi connectivity index (χ2v) is 5.35. The first kappa shape index (κ1) is 17.1. The van der Waals surface area contributed by atoms with E-state index in [-0.39, 0.29) is 5.56 Å². The summed E-state index contributed by atoms with van der Waals surface area (Å²) in [5.41, 5.74) is -0.230. The van der Waals surface area contributed by atoms with Gasteiger partial charge in [0.15, 0.2) is 0 Å². The van der Waals surface area contributed by atoms with E-state index in [9.17, 15) is 18.0 Å². The summed E-state index contributed by atoms with van der Waals surface area (Å²) >= 11 is 0. The average Bonchev–Trinajstić information content (AvgIpc) is 2.48. The zero-order chi connectivity index (χ0) is 17.0. The first-order chi connectivity index (χ1) is 11.0. The number of carbonyl (C=O) groups is 1. The molecular formula is C18H17F3O2. The molecule has 0 saturated heterocycles. The van der Waals surface area contributed by atoms with E-state index in [1.54, 1.807) is 0 Å². The van der Waals surface area contributed by atoms with E-state index >= 15 is 0 Å². The summed E-state index contributed by atoms with van der Waals surface area (Å²) in [4.78, 5) is 11.1. The van der Waals surface area contributed by atoms with Crippen LogP contribution in [-0.4, -0.2) is 11.1 Å². The van der Waals surface area contributed by atoms with Gasteiger partial charge in [-0.05, 0) is 42.2 Å². The smallest absolute Gasteiger partial charge is 0.341 e. The third kappa shape index (κ3) is 3.73. The first-order valence-corrected chi connectivity index (χ1v) is 7.45. The lowest BCUT2D eigenvalue weighted by Crippen LogP contribution is -2.09. The van der Waals surface area contributed by atoms with Crippen LogP contribution in [0.25, 0.3) is 11.1 Å². The maximum absolute atomic E-state index is 14.6. The Kier molecular flexibility index (Phi) is 5.42. The van der Waals surface area contributed by atoms with Crippen molar-refractivity contribution in [1.82, 2.24) is 0 Å². The molecule has 0 atom stereocenters. The number of unbranched alkanes of at least 4 members (excludes halogenated alkanes) is 2. The summed E-state index contributed by atoms with van der Waals surface area (Å²) in [6.07, 6.45) is 3.00. The highest BCUT2D eigenvalue weighted by molar-refractivity contribution is 5.91. The van der Waals surface area contributed by atoms with Gasteiger partial charge in [0.25, 0.3) is 0 Å². The van der Waals surface area contributed by atoms with Crippen LogP contribution in [0.2, 0.25) is 0 Å². The maximum Gasteiger partial charge on any atom is 0.341 e. The highest BCUT2D eigenvalue weighted by atomic mass is 19.1. The topological polar surface area (TPSA) is 37.3 Å². The van der Waals surface area contributed by atoms with Gasteiger partial charge in [-0.25, -0.2) is 18.0 Å². The Morgan fingerprint density at radius 3 is 2.30 bits per heavy atom. The van der Waals surface area contributed by atoms with Gasteiger partial charge in [0.2, 0.25) is 0 Å². The van der Waals surface area contributed by atoms with E-state index in [4.69, 9.17) is 5.11 Å². The number of hydrogen-bond donors (Lipinski definition) is 1. The molecule has 0 aliphatic heterocycles.